The Labute approximate surface area is 783 Å². The molecule has 0 aliphatic rings. The number of hydrogen-bond donors (Lipinski definition) is 0. The molecule has 16 aromatic rings. The molecule has 125 heavy (non-hydrogen) atoms. The molecule has 0 unspecified atom stereocenters. The Balaban J connectivity index is 0.000000180. The van der Waals surface area contributed by atoms with Crippen LogP contribution in [0.25, 0.3) is 146 Å². The first-order chi connectivity index (χ1) is 58.9. The average molecular weight is 2170 g/mol. The van der Waals surface area contributed by atoms with E-state index in [0.717, 1.165) is 102 Å². The normalized spacial score (nSPS) is 11.4. The predicted molar refractivity (Wildman–Crippen MR) is 511 cm³/mol. The molecule has 0 atom stereocenters. The van der Waals surface area contributed by atoms with Crippen LogP contribution in [0.2, 0.25) is 0 Å². The van der Waals surface area contributed by atoms with Crippen LogP contribution in [0, 0.1) is 18.2 Å². The molecule has 11 heteroatoms. The second-order valence-electron chi connectivity index (χ2n) is 36.2. The minimum absolute atomic E-state index is 0. The number of aromatic nitrogens is 8. The fraction of sp³-hybridized carbons (Fsp3) is 0.246. The van der Waals surface area contributed by atoms with Gasteiger partial charge in [-0.3, -0.25) is 0 Å². The summed E-state index contributed by atoms with van der Waals surface area (Å²) in [4.78, 5) is 38.9. The Bertz CT molecular complexity index is 5880. The van der Waals surface area contributed by atoms with Crippen LogP contribution in [0.5, 0.6) is 0 Å². The van der Waals surface area contributed by atoms with Crippen LogP contribution >= 0.6 is 0 Å². The van der Waals surface area contributed by atoms with Crippen LogP contribution in [0.3, 0.4) is 0 Å². The molecule has 0 saturated carbocycles. The van der Waals surface area contributed by atoms with Crippen molar-refractivity contribution in [3.05, 3.63) is 361 Å². The number of rotatable bonds is 22. The molecule has 0 bridgehead atoms. The van der Waals surface area contributed by atoms with Gasteiger partial charge in [0.2, 0.25) is 0 Å². The van der Waals surface area contributed by atoms with Gasteiger partial charge in [0.1, 0.15) is 0 Å². The first-order valence-electron chi connectivity index (χ1n) is 43.5. The van der Waals surface area contributed by atoms with Crippen LogP contribution in [0.4, 0.5) is 0 Å². The number of benzene rings is 11. The summed E-state index contributed by atoms with van der Waals surface area (Å²) in [6, 6.07) is 113. The maximum Gasteiger partial charge on any atom is 0.165 e. The van der Waals surface area contributed by atoms with Crippen LogP contribution < -0.4 is 0 Å². The quantitative estimate of drug-likeness (QED) is 0.0488. The third kappa shape index (κ3) is 25.1. The summed E-state index contributed by atoms with van der Waals surface area (Å²) in [6.07, 6.45) is 17.9. The molecule has 0 aliphatic heterocycles. The van der Waals surface area contributed by atoms with Gasteiger partial charge in [0, 0.05) is 112 Å². The zero-order chi connectivity index (χ0) is 85.4. The minimum Gasteiger partial charge on any atom is -0.304 e. The van der Waals surface area contributed by atoms with Gasteiger partial charge in [-0.15, -0.1) is 107 Å². The second kappa shape index (κ2) is 43.4. The number of pyridine rings is 3. The summed E-state index contributed by atoms with van der Waals surface area (Å²) in [7, 11) is 0. The monoisotopic (exact) mass is 2170 g/mol. The Morgan fingerprint density at radius 3 is 1.00 bits per heavy atom. The zero-order valence-corrected chi connectivity index (χ0v) is 81.8. The van der Waals surface area contributed by atoms with Gasteiger partial charge in [0.15, 0.2) is 23.3 Å². The van der Waals surface area contributed by atoms with E-state index in [9.17, 15) is 0 Å². The fourth-order valence-electron chi connectivity index (χ4n) is 15.1. The van der Waals surface area contributed by atoms with E-state index in [4.69, 9.17) is 39.9 Å². The van der Waals surface area contributed by atoms with E-state index >= 15 is 0 Å². The molecular formula is C114H113Ir3N8-3. The van der Waals surface area contributed by atoms with Crippen molar-refractivity contribution >= 4 is 10.8 Å². The van der Waals surface area contributed by atoms with Gasteiger partial charge in [-0.1, -0.05) is 330 Å². The zero-order valence-electron chi connectivity index (χ0n) is 74.6. The molecule has 16 rings (SSSR count). The van der Waals surface area contributed by atoms with E-state index in [1.807, 2.05) is 97.5 Å². The molecule has 0 amide bonds. The van der Waals surface area contributed by atoms with Gasteiger partial charge in [-0.25, -0.2) is 24.9 Å². The second-order valence-corrected chi connectivity index (χ2v) is 36.2. The third-order valence-electron chi connectivity index (χ3n) is 22.7. The van der Waals surface area contributed by atoms with Gasteiger partial charge in [-0.05, 0) is 167 Å². The molecule has 5 aromatic heterocycles. The Morgan fingerprint density at radius 2 is 0.616 bits per heavy atom. The van der Waals surface area contributed by atoms with Crippen molar-refractivity contribution in [2.75, 3.05) is 0 Å². The number of hydrogen-bond acceptors (Lipinski definition) is 8. The van der Waals surface area contributed by atoms with E-state index in [1.165, 1.54) is 118 Å². The molecule has 3 radical (unpaired) electrons. The molecule has 11 aromatic carbocycles. The molecule has 0 N–H and O–H groups in total. The Kier molecular flexibility index (Phi) is 32.9. The first-order valence-corrected chi connectivity index (χ1v) is 43.5. The summed E-state index contributed by atoms with van der Waals surface area (Å²) in [6.45, 7) is 31.4. The van der Waals surface area contributed by atoms with Crippen molar-refractivity contribution in [3.63, 3.8) is 0 Å². The van der Waals surface area contributed by atoms with E-state index in [-0.39, 0.29) is 82.0 Å². The van der Waals surface area contributed by atoms with Crippen molar-refractivity contribution in [3.8, 4) is 135 Å². The van der Waals surface area contributed by atoms with Gasteiger partial charge >= 0.3 is 0 Å². The summed E-state index contributed by atoms with van der Waals surface area (Å²) < 4.78 is 0. The summed E-state index contributed by atoms with van der Waals surface area (Å²) >= 11 is 0. The van der Waals surface area contributed by atoms with E-state index in [2.05, 4.69) is 327 Å². The van der Waals surface area contributed by atoms with Crippen LogP contribution in [-0.2, 0) is 94.8 Å². The number of aryl methyl sites for hydroxylation is 2. The molecule has 0 spiro atoms. The molecule has 5 heterocycles. The number of fused-ring (bicyclic) bond motifs is 1. The average Bonchev–Trinajstić information content (AvgIpc) is 0.832. The molecular weight excluding hydrogens is 2060 g/mol. The first kappa shape index (κ1) is 94.8. The van der Waals surface area contributed by atoms with Crippen LogP contribution in [0.1, 0.15) is 182 Å². The van der Waals surface area contributed by atoms with Crippen molar-refractivity contribution in [1.82, 2.24) is 39.9 Å². The number of unbranched alkanes of at least 4 members (excludes halogenated alkanes) is 6. The molecule has 0 saturated heterocycles. The number of nitrogens with zero attached hydrogens (tertiary/aromatic N) is 8. The summed E-state index contributed by atoms with van der Waals surface area (Å²) in [5, 5.41) is 2.32. The minimum atomic E-state index is 0. The molecule has 0 aliphatic carbocycles. The van der Waals surface area contributed by atoms with Gasteiger partial charge < -0.3 is 15.0 Å². The van der Waals surface area contributed by atoms with E-state index in [0.29, 0.717) is 23.3 Å². The van der Waals surface area contributed by atoms with Gasteiger partial charge in [0.25, 0.3) is 0 Å². The van der Waals surface area contributed by atoms with Crippen molar-refractivity contribution in [2.45, 2.75) is 183 Å². The molecule has 639 valence electrons. The molecule has 0 fully saturated rings. The smallest absolute Gasteiger partial charge is 0.165 e. The van der Waals surface area contributed by atoms with E-state index in [1.54, 1.807) is 0 Å². The standard InChI is InChI=1S/C41H38N.C38H41N4.C35H34N3.3Ir/c1-40(2,3)36-18-14-28(15-19-36)33-25-34(29-16-20-37(21-17-29)41(4,5)6)27-35(26-33)31-11-9-12-32(24-31)39-38-13-8-7-10-30(38)22-23-42-39;1-3-5-7-10-14-29-18-22-32(23-19-29)36-40-37(33-24-20-30(21-25-33)15-11-8-6-4-2)42-38(41-36)34-26-27-35(39-28-34)31-16-12-9-13-17-31;1-34(2,3)28-17-12-25(13-18-28)31-22-32(26-14-19-29(20-15-26)35(4,5)6)38-33(37-31)27-16-21-30(36-23-27)24-10-8-7-9-11-24;;;/h7-11,13-27H,1-6H3;9,12-13,16,18-28H,3-8,10-11,14-15H2,1-2H3;7-10,12-23H,1-6H3;;;/q3*-1;;;. The topological polar surface area (TPSA) is 103 Å². The van der Waals surface area contributed by atoms with Crippen molar-refractivity contribution in [1.29, 1.82) is 0 Å². The SMILES string of the molecule is CC(C)(C)c1ccc(-c2cc(-c3ccc(C(C)(C)C)cc3)cc(-c3cc[c-]c(-c4nccc5ccccc45)c3)c2)cc1.CC(C)(C)c1ccc(-c2cc(-c3ccc(C(C)(C)C)cc3)nc(-c3ccc(-c4[c-]cccc4)nc3)n2)cc1.CCCCCCc1ccc(-c2nc(-c3ccc(CCCCCC)cc3)nc(-c3ccc(-c4[c-]cccc4)nc3)n2)cc1.[Ir].[Ir].[Ir]. The molecule has 8 nitrogen and oxygen atoms in total. The summed E-state index contributed by atoms with van der Waals surface area (Å²) in [5.74, 6) is 2.64. The third-order valence-corrected chi connectivity index (χ3v) is 22.7. The van der Waals surface area contributed by atoms with Crippen LogP contribution in [0.15, 0.2) is 310 Å². The van der Waals surface area contributed by atoms with Gasteiger partial charge in [-0.2, -0.15) is 0 Å². The van der Waals surface area contributed by atoms with Crippen molar-refractivity contribution < 1.29 is 60.3 Å². The maximum atomic E-state index is 4.99. The Hall–Kier alpha value is -10.8. The summed E-state index contributed by atoms with van der Waals surface area (Å²) in [5.41, 5.74) is 28.9. The largest absolute Gasteiger partial charge is 0.304 e. The Morgan fingerprint density at radius 1 is 0.256 bits per heavy atom. The van der Waals surface area contributed by atoms with Gasteiger partial charge in [0.05, 0.1) is 11.4 Å². The van der Waals surface area contributed by atoms with Crippen LogP contribution in [-0.4, -0.2) is 39.9 Å². The van der Waals surface area contributed by atoms with E-state index < -0.39 is 0 Å². The maximum absolute atomic E-state index is 4.99. The fourth-order valence-corrected chi connectivity index (χ4v) is 15.1. The van der Waals surface area contributed by atoms with Crippen molar-refractivity contribution in [2.24, 2.45) is 0 Å². The predicted octanol–water partition coefficient (Wildman–Crippen LogP) is 30.2.